The lowest BCUT2D eigenvalue weighted by Crippen LogP contribution is -2.28. The lowest BCUT2D eigenvalue weighted by Gasteiger charge is -2.24. The Morgan fingerprint density at radius 3 is 2.20 bits per heavy atom. The second-order valence-corrected chi connectivity index (χ2v) is 5.10. The van der Waals surface area contributed by atoms with Crippen LogP contribution in [0.5, 0.6) is 5.75 Å². The average Bonchev–Trinajstić information content (AvgIpc) is 2.48. The number of hydrogen-bond donors (Lipinski definition) is 1. The van der Waals surface area contributed by atoms with E-state index in [0.717, 1.165) is 23.5 Å². The number of aryl methyl sites for hydroxylation is 1. The van der Waals surface area contributed by atoms with Gasteiger partial charge in [-0.25, -0.2) is 0 Å². The van der Waals surface area contributed by atoms with E-state index in [1.807, 2.05) is 24.3 Å². The molecule has 3 heteroatoms. The number of nitrogens with zero attached hydrogens (tertiary/aromatic N) is 1. The van der Waals surface area contributed by atoms with Crippen molar-refractivity contribution >= 4 is 5.69 Å². The molecule has 3 nitrogen and oxygen atoms in total. The van der Waals surface area contributed by atoms with Crippen molar-refractivity contribution in [1.82, 2.24) is 0 Å². The number of likely N-dealkylation sites (N-methyl/N-ethyl adjacent to an activating group) is 1. The summed E-state index contributed by atoms with van der Waals surface area (Å²) >= 11 is 0. The number of anilines is 1. The SMILES string of the molecule is COc1ccc(N(C)CC(N)c2ccc(C)cc2)cc1. The van der Waals surface area contributed by atoms with Gasteiger partial charge in [-0.1, -0.05) is 29.8 Å². The largest absolute Gasteiger partial charge is 0.497 e. The Labute approximate surface area is 121 Å². The molecule has 2 N–H and O–H groups in total. The van der Waals surface area contributed by atoms with E-state index in [1.54, 1.807) is 7.11 Å². The molecule has 0 bridgehead atoms. The minimum absolute atomic E-state index is 0.00250. The van der Waals surface area contributed by atoms with Gasteiger partial charge in [0.05, 0.1) is 7.11 Å². The molecule has 0 saturated heterocycles. The van der Waals surface area contributed by atoms with Gasteiger partial charge in [0.2, 0.25) is 0 Å². The van der Waals surface area contributed by atoms with Crippen LogP contribution in [0.25, 0.3) is 0 Å². The number of benzene rings is 2. The molecular weight excluding hydrogens is 248 g/mol. The molecule has 20 heavy (non-hydrogen) atoms. The third-order valence-corrected chi connectivity index (χ3v) is 3.49. The molecule has 2 aromatic carbocycles. The normalized spacial score (nSPS) is 12.0. The first-order valence-electron chi connectivity index (χ1n) is 6.77. The van der Waals surface area contributed by atoms with Crippen molar-refractivity contribution in [2.45, 2.75) is 13.0 Å². The van der Waals surface area contributed by atoms with Crippen molar-refractivity contribution in [1.29, 1.82) is 0 Å². The van der Waals surface area contributed by atoms with Crippen molar-refractivity contribution in [2.75, 3.05) is 25.6 Å². The van der Waals surface area contributed by atoms with Crippen LogP contribution in [0.3, 0.4) is 0 Å². The predicted molar refractivity (Wildman–Crippen MR) is 84.4 cm³/mol. The van der Waals surface area contributed by atoms with Gasteiger partial charge in [-0.3, -0.25) is 0 Å². The van der Waals surface area contributed by atoms with Gasteiger partial charge in [-0.2, -0.15) is 0 Å². The van der Waals surface area contributed by atoms with E-state index in [2.05, 4.69) is 43.1 Å². The lowest BCUT2D eigenvalue weighted by molar-refractivity contribution is 0.415. The molecule has 0 aliphatic rings. The number of ether oxygens (including phenoxy) is 1. The van der Waals surface area contributed by atoms with Gasteiger partial charge in [-0.05, 0) is 36.8 Å². The Kier molecular flexibility index (Phi) is 4.64. The number of nitrogens with two attached hydrogens (primary N) is 1. The highest BCUT2D eigenvalue weighted by molar-refractivity contribution is 5.48. The van der Waals surface area contributed by atoms with Crippen LogP contribution in [0, 0.1) is 6.92 Å². The van der Waals surface area contributed by atoms with Crippen LogP contribution in [0.2, 0.25) is 0 Å². The summed E-state index contributed by atoms with van der Waals surface area (Å²) in [6.07, 6.45) is 0. The summed E-state index contributed by atoms with van der Waals surface area (Å²) in [5.74, 6) is 0.866. The number of rotatable bonds is 5. The molecule has 0 saturated carbocycles. The smallest absolute Gasteiger partial charge is 0.119 e. The second kappa shape index (κ2) is 6.44. The van der Waals surface area contributed by atoms with Gasteiger partial charge in [-0.15, -0.1) is 0 Å². The molecular formula is C17H22N2O. The van der Waals surface area contributed by atoms with Crippen LogP contribution in [-0.2, 0) is 0 Å². The molecule has 1 atom stereocenters. The van der Waals surface area contributed by atoms with Crippen LogP contribution < -0.4 is 15.4 Å². The first-order chi connectivity index (χ1) is 9.60. The Morgan fingerprint density at radius 2 is 1.65 bits per heavy atom. The molecule has 0 aromatic heterocycles. The highest BCUT2D eigenvalue weighted by Crippen LogP contribution is 2.20. The molecule has 2 rings (SSSR count). The second-order valence-electron chi connectivity index (χ2n) is 5.10. The van der Waals surface area contributed by atoms with E-state index < -0.39 is 0 Å². The topological polar surface area (TPSA) is 38.5 Å². The van der Waals surface area contributed by atoms with Crippen LogP contribution in [0.4, 0.5) is 5.69 Å². The minimum Gasteiger partial charge on any atom is -0.497 e. The van der Waals surface area contributed by atoms with Gasteiger partial charge < -0.3 is 15.4 Å². The molecule has 0 fully saturated rings. The highest BCUT2D eigenvalue weighted by Gasteiger charge is 2.10. The van der Waals surface area contributed by atoms with Gasteiger partial charge in [0.15, 0.2) is 0 Å². The summed E-state index contributed by atoms with van der Waals surface area (Å²) in [7, 11) is 3.72. The van der Waals surface area contributed by atoms with Crippen LogP contribution in [0.1, 0.15) is 17.2 Å². The summed E-state index contributed by atoms with van der Waals surface area (Å²) in [5, 5.41) is 0. The zero-order chi connectivity index (χ0) is 14.5. The van der Waals surface area contributed by atoms with E-state index in [9.17, 15) is 0 Å². The molecule has 0 amide bonds. The van der Waals surface area contributed by atoms with Gasteiger partial charge in [0, 0.05) is 25.3 Å². The van der Waals surface area contributed by atoms with Crippen molar-refractivity contribution < 1.29 is 4.74 Å². The van der Waals surface area contributed by atoms with Crippen molar-refractivity contribution in [3.05, 3.63) is 59.7 Å². The predicted octanol–water partition coefficient (Wildman–Crippen LogP) is 3.14. The maximum atomic E-state index is 6.27. The Balaban J connectivity index is 2.02. The maximum Gasteiger partial charge on any atom is 0.119 e. The van der Waals surface area contributed by atoms with Crippen molar-refractivity contribution in [2.24, 2.45) is 5.73 Å². The first-order valence-corrected chi connectivity index (χ1v) is 6.77. The third kappa shape index (κ3) is 3.52. The zero-order valence-electron chi connectivity index (χ0n) is 12.3. The maximum absolute atomic E-state index is 6.27. The summed E-state index contributed by atoms with van der Waals surface area (Å²) in [6, 6.07) is 16.4. The molecule has 0 radical (unpaired) electrons. The molecule has 1 unspecified atom stereocenters. The summed E-state index contributed by atoms with van der Waals surface area (Å²) in [6.45, 7) is 2.86. The number of methoxy groups -OCH3 is 1. The number of hydrogen-bond acceptors (Lipinski definition) is 3. The van der Waals surface area contributed by atoms with E-state index in [-0.39, 0.29) is 6.04 Å². The van der Waals surface area contributed by atoms with Gasteiger partial charge in [0.25, 0.3) is 0 Å². The van der Waals surface area contributed by atoms with Gasteiger partial charge in [0.1, 0.15) is 5.75 Å². The van der Waals surface area contributed by atoms with E-state index >= 15 is 0 Å². The fourth-order valence-electron chi connectivity index (χ4n) is 2.16. The fourth-order valence-corrected chi connectivity index (χ4v) is 2.16. The summed E-state index contributed by atoms with van der Waals surface area (Å²) in [5.41, 5.74) is 9.82. The highest BCUT2D eigenvalue weighted by atomic mass is 16.5. The molecule has 0 aliphatic heterocycles. The lowest BCUT2D eigenvalue weighted by atomic mass is 10.1. The monoisotopic (exact) mass is 270 g/mol. The molecule has 106 valence electrons. The molecule has 0 heterocycles. The van der Waals surface area contributed by atoms with Crippen molar-refractivity contribution in [3.8, 4) is 5.75 Å². The molecule has 0 aliphatic carbocycles. The zero-order valence-corrected chi connectivity index (χ0v) is 12.3. The minimum atomic E-state index is 0.00250. The summed E-state index contributed by atoms with van der Waals surface area (Å²) in [4.78, 5) is 2.16. The Hall–Kier alpha value is -2.00. The van der Waals surface area contributed by atoms with Crippen LogP contribution in [0.15, 0.2) is 48.5 Å². The van der Waals surface area contributed by atoms with E-state index in [0.29, 0.717) is 0 Å². The van der Waals surface area contributed by atoms with Crippen LogP contribution in [-0.4, -0.2) is 20.7 Å². The summed E-state index contributed by atoms with van der Waals surface area (Å²) < 4.78 is 5.17. The fraction of sp³-hybridized carbons (Fsp3) is 0.294. The Morgan fingerprint density at radius 1 is 1.05 bits per heavy atom. The van der Waals surface area contributed by atoms with Crippen molar-refractivity contribution in [3.63, 3.8) is 0 Å². The average molecular weight is 270 g/mol. The quantitative estimate of drug-likeness (QED) is 0.907. The van der Waals surface area contributed by atoms with E-state index in [1.165, 1.54) is 5.56 Å². The van der Waals surface area contributed by atoms with Gasteiger partial charge >= 0.3 is 0 Å². The van der Waals surface area contributed by atoms with E-state index in [4.69, 9.17) is 10.5 Å². The Bertz CT molecular complexity index is 534. The first kappa shape index (κ1) is 14.4. The third-order valence-electron chi connectivity index (χ3n) is 3.49. The standard InChI is InChI=1S/C17H22N2O/c1-13-4-6-14(7-5-13)17(18)12-19(2)15-8-10-16(20-3)11-9-15/h4-11,17H,12,18H2,1-3H3. The molecule has 0 spiro atoms. The molecule has 2 aromatic rings. The van der Waals surface area contributed by atoms with Crippen LogP contribution >= 0.6 is 0 Å².